The zero-order valence-electron chi connectivity index (χ0n) is 23.0. The lowest BCUT2D eigenvalue weighted by Crippen LogP contribution is -2.61. The van der Waals surface area contributed by atoms with Gasteiger partial charge in [0.15, 0.2) is 0 Å². The highest BCUT2D eigenvalue weighted by atomic mass is 35.5. The molecular formula is C26H37ClF3N5O5. The van der Waals surface area contributed by atoms with Crippen molar-refractivity contribution in [1.82, 2.24) is 26.0 Å². The highest BCUT2D eigenvalue weighted by Gasteiger charge is 2.70. The van der Waals surface area contributed by atoms with E-state index in [1.807, 2.05) is 20.8 Å². The van der Waals surface area contributed by atoms with Crippen LogP contribution in [0.1, 0.15) is 53.4 Å². The average molecular weight is 592 g/mol. The smallest absolute Gasteiger partial charge is 0.291 e. The van der Waals surface area contributed by atoms with Gasteiger partial charge in [-0.25, -0.2) is 18.2 Å². The lowest BCUT2D eigenvalue weighted by Gasteiger charge is -2.38. The molecule has 0 bridgehead atoms. The van der Waals surface area contributed by atoms with Crippen molar-refractivity contribution in [1.29, 1.82) is 0 Å². The van der Waals surface area contributed by atoms with Gasteiger partial charge in [0.2, 0.25) is 23.6 Å². The standard InChI is InChI=1S/C26H37ClF3N5O5/c1-5-12(2)17(32-21(37)14-8-26(29,30)9-14)23(39)34-11-15-16(25(15,3)4)18(34)22(38)33-35(24(40)19(27)28)10-13-6-7-31-20(13)36/h12-19H,5-11H2,1-4H3,(H,31,36)(H,32,37)(H,33,38)/t12-,13-,15-,16-,17-,18-,19+/m0/s1. The number of hydrogen-bond donors (Lipinski definition) is 3. The van der Waals surface area contributed by atoms with Crippen LogP contribution in [0.15, 0.2) is 0 Å². The maximum absolute atomic E-state index is 13.8. The third-order valence-corrected chi connectivity index (χ3v) is 9.45. The molecule has 224 valence electrons. The predicted octanol–water partition coefficient (Wildman–Crippen LogP) is 1.58. The van der Waals surface area contributed by atoms with E-state index in [0.717, 1.165) is 0 Å². The summed E-state index contributed by atoms with van der Waals surface area (Å²) in [5, 5.41) is 5.97. The van der Waals surface area contributed by atoms with Crippen molar-refractivity contribution in [2.24, 2.45) is 35.0 Å². The first-order valence-electron chi connectivity index (χ1n) is 13.8. The Kier molecular flexibility index (Phi) is 8.37. The molecule has 5 amide bonds. The Hall–Kier alpha value is -2.57. The first kappa shape index (κ1) is 30.4. The maximum atomic E-state index is 13.8. The van der Waals surface area contributed by atoms with Crippen molar-refractivity contribution in [2.45, 2.75) is 77.0 Å². The molecule has 0 radical (unpaired) electrons. The number of nitrogens with one attached hydrogen (secondary N) is 3. The van der Waals surface area contributed by atoms with Crippen LogP contribution in [0.3, 0.4) is 0 Å². The minimum Gasteiger partial charge on any atom is -0.356 e. The van der Waals surface area contributed by atoms with E-state index >= 15 is 0 Å². The summed E-state index contributed by atoms with van der Waals surface area (Å²) in [6.07, 6.45) is -0.273. The van der Waals surface area contributed by atoms with Crippen molar-refractivity contribution in [3.63, 3.8) is 0 Å². The Morgan fingerprint density at radius 3 is 2.38 bits per heavy atom. The summed E-state index contributed by atoms with van der Waals surface area (Å²) in [6, 6.07) is -2.08. The largest absolute Gasteiger partial charge is 0.356 e. The molecule has 40 heavy (non-hydrogen) atoms. The topological polar surface area (TPSA) is 128 Å². The van der Waals surface area contributed by atoms with Crippen LogP contribution in [0.4, 0.5) is 13.2 Å². The van der Waals surface area contributed by atoms with Crippen LogP contribution in [-0.2, 0) is 24.0 Å². The van der Waals surface area contributed by atoms with Crippen LogP contribution < -0.4 is 16.1 Å². The first-order valence-corrected chi connectivity index (χ1v) is 14.2. The Morgan fingerprint density at radius 1 is 1.20 bits per heavy atom. The number of rotatable bonds is 9. The number of alkyl halides is 4. The lowest BCUT2D eigenvalue weighted by molar-refractivity contribution is -0.155. The summed E-state index contributed by atoms with van der Waals surface area (Å²) in [4.78, 5) is 66.2. The normalized spacial score (nSPS) is 30.3. The molecule has 2 heterocycles. The van der Waals surface area contributed by atoms with Gasteiger partial charge in [-0.3, -0.25) is 29.4 Å². The van der Waals surface area contributed by atoms with Gasteiger partial charge in [-0.2, -0.15) is 0 Å². The van der Waals surface area contributed by atoms with Gasteiger partial charge >= 0.3 is 0 Å². The molecule has 0 aromatic rings. The van der Waals surface area contributed by atoms with Gasteiger partial charge in [0, 0.05) is 31.8 Å². The van der Waals surface area contributed by atoms with Gasteiger partial charge in [-0.05, 0) is 29.6 Å². The van der Waals surface area contributed by atoms with Gasteiger partial charge in [0.1, 0.15) is 12.1 Å². The molecule has 4 aliphatic rings. The van der Waals surface area contributed by atoms with E-state index in [0.29, 0.717) is 24.4 Å². The molecule has 7 atom stereocenters. The number of carbonyl (C=O) groups is 5. The third kappa shape index (κ3) is 5.75. The van der Waals surface area contributed by atoms with Gasteiger partial charge < -0.3 is 15.5 Å². The van der Waals surface area contributed by atoms with E-state index in [-0.39, 0.29) is 42.2 Å². The molecule has 2 aliphatic carbocycles. The van der Waals surface area contributed by atoms with Crippen LogP contribution in [0, 0.1) is 35.0 Å². The van der Waals surface area contributed by atoms with Crippen molar-refractivity contribution in [2.75, 3.05) is 19.6 Å². The second-order valence-electron chi connectivity index (χ2n) is 12.2. The molecule has 0 aromatic heterocycles. The van der Waals surface area contributed by atoms with Crippen molar-refractivity contribution >= 4 is 41.1 Å². The molecule has 2 saturated heterocycles. The summed E-state index contributed by atoms with van der Waals surface area (Å²) in [7, 11) is 0. The fourth-order valence-corrected chi connectivity index (χ4v) is 6.46. The van der Waals surface area contributed by atoms with Crippen LogP contribution >= 0.6 is 11.6 Å². The molecule has 2 saturated carbocycles. The summed E-state index contributed by atoms with van der Waals surface area (Å²) in [6.45, 7) is 7.80. The molecule has 3 N–H and O–H groups in total. The lowest BCUT2D eigenvalue weighted by atomic mass is 9.80. The quantitative estimate of drug-likeness (QED) is 0.277. The average Bonchev–Trinajstić information content (AvgIpc) is 3.21. The molecule has 0 aromatic carbocycles. The minimum atomic E-state index is -2.90. The Balaban J connectivity index is 1.53. The van der Waals surface area contributed by atoms with Crippen LogP contribution in [0.2, 0.25) is 0 Å². The summed E-state index contributed by atoms with van der Waals surface area (Å²) < 4.78 is 40.5. The van der Waals surface area contributed by atoms with Crippen LogP contribution in [0.5, 0.6) is 0 Å². The predicted molar refractivity (Wildman–Crippen MR) is 137 cm³/mol. The van der Waals surface area contributed by atoms with E-state index in [2.05, 4.69) is 16.1 Å². The third-order valence-electron chi connectivity index (χ3n) is 9.26. The van der Waals surface area contributed by atoms with E-state index in [4.69, 9.17) is 11.6 Å². The number of hydrogen-bond acceptors (Lipinski definition) is 5. The minimum absolute atomic E-state index is 0.0301. The first-order chi connectivity index (χ1) is 18.6. The molecule has 14 heteroatoms. The molecule has 2 aliphatic heterocycles. The summed E-state index contributed by atoms with van der Waals surface area (Å²) >= 11 is 5.39. The zero-order valence-corrected chi connectivity index (χ0v) is 23.8. The highest BCUT2D eigenvalue weighted by Crippen LogP contribution is 2.65. The highest BCUT2D eigenvalue weighted by molar-refractivity contribution is 6.29. The molecule has 10 nitrogen and oxygen atoms in total. The summed E-state index contributed by atoms with van der Waals surface area (Å²) in [5.74, 6) is -8.57. The second kappa shape index (κ2) is 11.0. The number of piperidine rings is 1. The number of likely N-dealkylation sites (tertiary alicyclic amines) is 1. The number of amides is 5. The monoisotopic (exact) mass is 591 g/mol. The van der Waals surface area contributed by atoms with Crippen molar-refractivity contribution < 1.29 is 37.1 Å². The van der Waals surface area contributed by atoms with Crippen LogP contribution in [0.25, 0.3) is 0 Å². The van der Waals surface area contributed by atoms with Crippen LogP contribution in [-0.4, -0.2) is 82.7 Å². The second-order valence-corrected chi connectivity index (χ2v) is 12.6. The number of fused-ring (bicyclic) bond motifs is 1. The van der Waals surface area contributed by atoms with E-state index in [1.165, 1.54) is 4.90 Å². The maximum Gasteiger partial charge on any atom is 0.291 e. The zero-order chi connectivity index (χ0) is 29.7. The van der Waals surface area contributed by atoms with Crippen molar-refractivity contribution in [3.05, 3.63) is 0 Å². The van der Waals surface area contributed by atoms with E-state index in [1.54, 1.807) is 6.92 Å². The molecule has 0 spiro atoms. The SMILES string of the molecule is CC[C@H](C)[C@H](NC(=O)C1CC(F)(F)C1)C(=O)N1C[C@H]2[C@@H]([C@H]1C(=O)NN(C[C@@H]1CCNC1=O)C(=O)[C@@H](F)Cl)C2(C)C. The van der Waals surface area contributed by atoms with Gasteiger partial charge in [0.25, 0.3) is 17.4 Å². The fourth-order valence-electron chi connectivity index (χ4n) is 6.34. The molecular weight excluding hydrogens is 555 g/mol. The summed E-state index contributed by atoms with van der Waals surface area (Å²) in [5.41, 5.74) is -0.338. The Bertz CT molecular complexity index is 1070. The van der Waals surface area contributed by atoms with Gasteiger partial charge in [0.05, 0.1) is 12.5 Å². The molecule has 4 fully saturated rings. The van der Waals surface area contributed by atoms with Crippen molar-refractivity contribution in [3.8, 4) is 0 Å². The number of carbonyl (C=O) groups excluding carboxylic acids is 5. The van der Waals surface area contributed by atoms with E-state index < -0.39 is 71.9 Å². The Labute approximate surface area is 236 Å². The van der Waals surface area contributed by atoms with Gasteiger partial charge in [-0.15, -0.1) is 0 Å². The molecule has 0 unspecified atom stereocenters. The molecule has 4 rings (SSSR count). The number of hydrazine groups is 1. The fraction of sp³-hybridized carbons (Fsp3) is 0.808. The van der Waals surface area contributed by atoms with E-state index in [9.17, 15) is 37.1 Å². The Morgan fingerprint density at radius 2 is 1.85 bits per heavy atom. The number of nitrogens with zero attached hydrogens (tertiary/aromatic N) is 2. The van der Waals surface area contributed by atoms with Gasteiger partial charge in [-0.1, -0.05) is 45.7 Å². The number of halogens is 4.